The number of unbranched alkanes of at least 4 members (excludes halogenated alkanes) is 5. The van der Waals surface area contributed by atoms with Gasteiger partial charge in [-0.25, -0.2) is 0 Å². The molecule has 0 aromatic heterocycles. The van der Waals surface area contributed by atoms with Gasteiger partial charge in [0.15, 0.2) is 11.6 Å². The van der Waals surface area contributed by atoms with Crippen molar-refractivity contribution in [2.75, 3.05) is 0 Å². The number of fused-ring (bicyclic) bond motifs is 4. The van der Waals surface area contributed by atoms with Crippen LogP contribution in [-0.2, 0) is 19.1 Å². The molecule has 0 spiro atoms. The Hall–Kier alpha value is -1.45. The fourth-order valence-electron chi connectivity index (χ4n) is 9.30. The molecule has 0 N–H and O–H groups in total. The van der Waals surface area contributed by atoms with Gasteiger partial charge in [0.2, 0.25) is 0 Å². The van der Waals surface area contributed by atoms with Crippen molar-refractivity contribution in [3.8, 4) is 0 Å². The zero-order valence-electron chi connectivity index (χ0n) is 24.1. The molecule has 0 bridgehead atoms. The van der Waals surface area contributed by atoms with Crippen LogP contribution in [0, 0.1) is 33.5 Å². The Labute approximate surface area is 219 Å². The lowest BCUT2D eigenvalue weighted by molar-refractivity contribution is -0.168. The van der Waals surface area contributed by atoms with Crippen LogP contribution in [0.3, 0.4) is 0 Å². The normalized spacial score (nSPS) is 39.5. The van der Waals surface area contributed by atoms with Crippen LogP contribution in [0.2, 0.25) is 0 Å². The first-order chi connectivity index (χ1) is 16.8. The molecule has 0 saturated heterocycles. The van der Waals surface area contributed by atoms with Crippen molar-refractivity contribution in [1.29, 1.82) is 0 Å². The number of allylic oxidation sites excluding steroid dienone is 2. The smallest absolute Gasteiger partial charge is 0.302 e. The summed E-state index contributed by atoms with van der Waals surface area (Å²) in [6, 6.07) is 0. The minimum atomic E-state index is -0.356. The molecule has 2 saturated carbocycles. The van der Waals surface area contributed by atoms with Gasteiger partial charge >= 0.3 is 5.97 Å². The summed E-state index contributed by atoms with van der Waals surface area (Å²) in [6.07, 6.45) is 13.4. The Balaban J connectivity index is 1.64. The zero-order chi connectivity index (χ0) is 26.5. The summed E-state index contributed by atoms with van der Waals surface area (Å²) < 4.78 is 5.73. The van der Waals surface area contributed by atoms with Gasteiger partial charge in [-0.3, -0.25) is 14.4 Å². The predicted octanol–water partition coefficient (Wildman–Crippen LogP) is 7.78. The summed E-state index contributed by atoms with van der Waals surface area (Å²) in [5, 5.41) is 0. The van der Waals surface area contributed by atoms with Gasteiger partial charge in [0, 0.05) is 47.2 Å². The lowest BCUT2D eigenvalue weighted by atomic mass is 9.43. The van der Waals surface area contributed by atoms with Gasteiger partial charge in [0.05, 0.1) is 0 Å². The number of ether oxygens (including phenoxy) is 1. The third-order valence-electron chi connectivity index (χ3n) is 11.6. The number of esters is 1. The fourth-order valence-corrected chi connectivity index (χ4v) is 9.30. The van der Waals surface area contributed by atoms with Crippen molar-refractivity contribution in [1.82, 2.24) is 0 Å². The van der Waals surface area contributed by atoms with Crippen molar-refractivity contribution in [2.24, 2.45) is 33.5 Å². The molecule has 0 aromatic carbocycles. The molecule has 0 aromatic rings. The molecule has 4 heteroatoms. The SMILES string of the molecule is CCCCCCCC[C@H]1CC[C@@]2(C)C3=C(C(=O)C[C@]12C)[C@@]1(C)CC[C@H](OC(C)=O)C(C)(C)C1CC3=O. The number of hydrogen-bond donors (Lipinski definition) is 0. The Morgan fingerprint density at radius 3 is 2.22 bits per heavy atom. The first kappa shape index (κ1) is 27.6. The van der Waals surface area contributed by atoms with Crippen LogP contribution in [0.5, 0.6) is 0 Å². The quantitative estimate of drug-likeness (QED) is 0.253. The average Bonchev–Trinajstić information content (AvgIpc) is 3.04. The van der Waals surface area contributed by atoms with Crippen molar-refractivity contribution in [2.45, 2.75) is 138 Å². The lowest BCUT2D eigenvalue weighted by Crippen LogP contribution is -2.59. The lowest BCUT2D eigenvalue weighted by Gasteiger charge is -2.60. The van der Waals surface area contributed by atoms with Gasteiger partial charge in [0.25, 0.3) is 0 Å². The van der Waals surface area contributed by atoms with Crippen molar-refractivity contribution < 1.29 is 19.1 Å². The fraction of sp³-hybridized carbons (Fsp3) is 0.844. The Morgan fingerprint density at radius 1 is 0.889 bits per heavy atom. The van der Waals surface area contributed by atoms with E-state index < -0.39 is 0 Å². The second kappa shape index (κ2) is 9.70. The molecule has 0 amide bonds. The number of carbonyl (C=O) groups excluding carboxylic acids is 3. The van der Waals surface area contributed by atoms with Crippen LogP contribution < -0.4 is 0 Å². The average molecular weight is 499 g/mol. The highest BCUT2D eigenvalue weighted by Gasteiger charge is 2.67. The number of ketones is 2. The van der Waals surface area contributed by atoms with Crippen molar-refractivity contribution >= 4 is 17.5 Å². The highest BCUT2D eigenvalue weighted by molar-refractivity contribution is 6.11. The van der Waals surface area contributed by atoms with E-state index in [0.29, 0.717) is 18.8 Å². The third-order valence-corrected chi connectivity index (χ3v) is 11.6. The number of hydrogen-bond acceptors (Lipinski definition) is 4. The largest absolute Gasteiger partial charge is 0.462 e. The Bertz CT molecular complexity index is 944. The summed E-state index contributed by atoms with van der Waals surface area (Å²) in [5.41, 5.74) is 0.721. The minimum Gasteiger partial charge on any atom is -0.462 e. The molecule has 0 heterocycles. The van der Waals surface area contributed by atoms with Crippen LogP contribution in [0.1, 0.15) is 132 Å². The number of Topliss-reactive ketones (excluding diaryl/α,β-unsaturated/α-hetero) is 2. The topological polar surface area (TPSA) is 60.4 Å². The molecule has 4 rings (SSSR count). The number of rotatable bonds is 8. The molecule has 6 atom stereocenters. The maximum atomic E-state index is 14.1. The van der Waals surface area contributed by atoms with E-state index in [4.69, 9.17) is 4.74 Å². The molecule has 0 radical (unpaired) electrons. The summed E-state index contributed by atoms with van der Waals surface area (Å²) in [6.45, 7) is 14.9. The monoisotopic (exact) mass is 498 g/mol. The second-order valence-electron chi connectivity index (χ2n) is 13.9. The molecule has 4 nitrogen and oxygen atoms in total. The van der Waals surface area contributed by atoms with Crippen LogP contribution >= 0.6 is 0 Å². The highest BCUT2D eigenvalue weighted by atomic mass is 16.5. The van der Waals surface area contributed by atoms with Crippen LogP contribution in [-0.4, -0.2) is 23.6 Å². The summed E-state index contributed by atoms with van der Waals surface area (Å²) in [5.74, 6) is 0.666. The zero-order valence-corrected chi connectivity index (χ0v) is 24.1. The van der Waals surface area contributed by atoms with E-state index in [1.807, 2.05) is 0 Å². The van der Waals surface area contributed by atoms with Crippen LogP contribution in [0.15, 0.2) is 11.1 Å². The van der Waals surface area contributed by atoms with Gasteiger partial charge in [0.1, 0.15) is 6.10 Å². The van der Waals surface area contributed by atoms with E-state index in [1.165, 1.54) is 51.9 Å². The Morgan fingerprint density at radius 2 is 1.56 bits per heavy atom. The van der Waals surface area contributed by atoms with Gasteiger partial charge in [-0.05, 0) is 49.4 Å². The van der Waals surface area contributed by atoms with Crippen molar-refractivity contribution in [3.63, 3.8) is 0 Å². The van der Waals surface area contributed by atoms with Crippen molar-refractivity contribution in [3.05, 3.63) is 11.1 Å². The number of carbonyl (C=O) groups is 3. The van der Waals surface area contributed by atoms with Gasteiger partial charge in [-0.2, -0.15) is 0 Å². The van der Waals surface area contributed by atoms with Crippen LogP contribution in [0.4, 0.5) is 0 Å². The third kappa shape index (κ3) is 4.13. The molecule has 2 fully saturated rings. The molecule has 1 unspecified atom stereocenters. The van der Waals surface area contributed by atoms with E-state index in [2.05, 4.69) is 41.5 Å². The molecule has 0 aliphatic heterocycles. The van der Waals surface area contributed by atoms with E-state index >= 15 is 0 Å². The van der Waals surface area contributed by atoms with E-state index in [-0.39, 0.29) is 51.2 Å². The molecule has 4 aliphatic rings. The van der Waals surface area contributed by atoms with E-state index in [0.717, 1.165) is 36.8 Å². The van der Waals surface area contributed by atoms with Gasteiger partial charge < -0.3 is 4.74 Å². The van der Waals surface area contributed by atoms with Gasteiger partial charge in [-0.1, -0.05) is 80.1 Å². The highest BCUT2D eigenvalue weighted by Crippen LogP contribution is 2.70. The van der Waals surface area contributed by atoms with Crippen LogP contribution in [0.25, 0.3) is 0 Å². The molecular weight excluding hydrogens is 448 g/mol. The second-order valence-corrected chi connectivity index (χ2v) is 13.9. The standard InChI is InChI=1S/C32H50O4/c1-8-9-10-11-12-13-14-22-15-18-31(6)28-23(34)19-25-29(3,4)26(36-21(2)33)16-17-30(25,5)27(28)24(35)20-32(22,31)7/h22,25-26H,8-20H2,1-7H3/t22-,25?,26-,30-,31-,32+/m0/s1. The minimum absolute atomic E-state index is 0.00609. The predicted molar refractivity (Wildman–Crippen MR) is 143 cm³/mol. The Kier molecular flexibility index (Phi) is 7.43. The maximum absolute atomic E-state index is 14.1. The maximum Gasteiger partial charge on any atom is 0.302 e. The summed E-state index contributed by atoms with van der Waals surface area (Å²) in [7, 11) is 0. The van der Waals surface area contributed by atoms with Gasteiger partial charge in [-0.15, -0.1) is 0 Å². The summed E-state index contributed by atoms with van der Waals surface area (Å²) in [4.78, 5) is 39.9. The summed E-state index contributed by atoms with van der Waals surface area (Å²) >= 11 is 0. The molecule has 36 heavy (non-hydrogen) atoms. The first-order valence-electron chi connectivity index (χ1n) is 14.8. The van der Waals surface area contributed by atoms with E-state index in [9.17, 15) is 14.4 Å². The van der Waals surface area contributed by atoms with E-state index in [1.54, 1.807) is 0 Å². The molecular formula is C32H50O4. The molecule has 202 valence electrons. The first-order valence-corrected chi connectivity index (χ1v) is 14.8. The molecule has 4 aliphatic carbocycles.